The largest absolute Gasteiger partial charge is 0.496 e. The number of aromatic nitrogens is 2. The van der Waals surface area contributed by atoms with Gasteiger partial charge >= 0.3 is 0 Å². The summed E-state index contributed by atoms with van der Waals surface area (Å²) in [5.74, 6) is 0.414. The maximum Gasteiger partial charge on any atom is 0.271 e. The minimum atomic E-state index is -0.772. The van der Waals surface area contributed by atoms with E-state index in [4.69, 9.17) is 9.73 Å². The Morgan fingerprint density at radius 1 is 1.00 bits per heavy atom. The van der Waals surface area contributed by atoms with Crippen LogP contribution in [0.1, 0.15) is 43.5 Å². The van der Waals surface area contributed by atoms with Crippen molar-refractivity contribution in [1.29, 1.82) is 0 Å². The average Bonchev–Trinajstić information content (AvgIpc) is 3.63. The minimum absolute atomic E-state index is 0.0405. The summed E-state index contributed by atoms with van der Waals surface area (Å²) < 4.78 is 10.1. The highest BCUT2D eigenvalue weighted by atomic mass is 32.1. The van der Waals surface area contributed by atoms with Gasteiger partial charge in [-0.3, -0.25) is 24.3 Å². The number of hydrogen-bond donors (Lipinski definition) is 0. The SMILES string of the molecule is CCN(CC)C(=O)C1=C(C)N=c2s/c(=C/c3cn(Cc4ccc([N+](=O)[O-])cc4)c4ccccc34)c(=O)n2[C@@H]1c1c(OC)ccc2ccccc12. The van der Waals surface area contributed by atoms with Crippen LogP contribution >= 0.6 is 11.3 Å². The van der Waals surface area contributed by atoms with Gasteiger partial charge in [0.2, 0.25) is 0 Å². The lowest BCUT2D eigenvalue weighted by Crippen LogP contribution is -2.43. The lowest BCUT2D eigenvalue weighted by Gasteiger charge is -2.30. The van der Waals surface area contributed by atoms with Crippen LogP contribution in [-0.2, 0) is 11.3 Å². The van der Waals surface area contributed by atoms with Crippen LogP contribution in [0.15, 0.2) is 112 Å². The van der Waals surface area contributed by atoms with Crippen molar-refractivity contribution in [3.8, 4) is 5.75 Å². The number of nitro benzene ring substituents is 1. The molecule has 0 radical (unpaired) electrons. The first-order valence-corrected chi connectivity index (χ1v) is 17.2. The van der Waals surface area contributed by atoms with E-state index >= 15 is 0 Å². The molecule has 0 saturated heterocycles. The van der Waals surface area contributed by atoms with Crippen molar-refractivity contribution >= 4 is 50.7 Å². The van der Waals surface area contributed by atoms with Crippen LogP contribution in [0.25, 0.3) is 27.8 Å². The second-order valence-corrected chi connectivity index (χ2v) is 13.1. The third-order valence-electron chi connectivity index (χ3n) is 9.33. The quantitative estimate of drug-likeness (QED) is 0.133. The van der Waals surface area contributed by atoms with Crippen molar-refractivity contribution < 1.29 is 14.5 Å². The maximum absolute atomic E-state index is 14.7. The summed E-state index contributed by atoms with van der Waals surface area (Å²) in [5.41, 5.74) is 4.26. The minimum Gasteiger partial charge on any atom is -0.496 e. The van der Waals surface area contributed by atoms with E-state index in [0.29, 0.717) is 46.0 Å². The number of ether oxygens (including phenoxy) is 1. The van der Waals surface area contributed by atoms with E-state index in [1.54, 1.807) is 28.7 Å². The molecule has 0 saturated carbocycles. The first-order chi connectivity index (χ1) is 24.2. The van der Waals surface area contributed by atoms with Gasteiger partial charge in [0.25, 0.3) is 17.2 Å². The number of rotatable bonds is 9. The van der Waals surface area contributed by atoms with E-state index < -0.39 is 11.0 Å². The summed E-state index contributed by atoms with van der Waals surface area (Å²) >= 11 is 1.29. The first-order valence-electron chi connectivity index (χ1n) is 16.4. The van der Waals surface area contributed by atoms with Gasteiger partial charge in [-0.15, -0.1) is 0 Å². The predicted octanol–water partition coefficient (Wildman–Crippen LogP) is 6.18. The fraction of sp³-hybridized carbons (Fsp3) is 0.205. The third kappa shape index (κ3) is 5.59. The number of amides is 1. The van der Waals surface area contributed by atoms with Gasteiger partial charge in [-0.25, -0.2) is 4.99 Å². The molecule has 0 fully saturated rings. The molecule has 0 spiro atoms. The van der Waals surface area contributed by atoms with E-state index in [-0.39, 0.29) is 17.2 Å². The summed E-state index contributed by atoms with van der Waals surface area (Å²) in [6.07, 6.45) is 3.89. The molecule has 0 N–H and O–H groups in total. The zero-order chi connectivity index (χ0) is 35.1. The molecule has 0 bridgehead atoms. The molecule has 4 aromatic carbocycles. The number of fused-ring (bicyclic) bond motifs is 3. The zero-order valence-electron chi connectivity index (χ0n) is 28.1. The predicted molar refractivity (Wildman–Crippen MR) is 196 cm³/mol. The van der Waals surface area contributed by atoms with Crippen molar-refractivity contribution in [2.75, 3.05) is 20.2 Å². The van der Waals surface area contributed by atoms with Crippen LogP contribution in [0.4, 0.5) is 5.69 Å². The zero-order valence-corrected chi connectivity index (χ0v) is 28.9. The average molecular weight is 686 g/mol. The van der Waals surface area contributed by atoms with Crippen LogP contribution in [0.3, 0.4) is 0 Å². The van der Waals surface area contributed by atoms with E-state index in [0.717, 1.165) is 38.4 Å². The highest BCUT2D eigenvalue weighted by Gasteiger charge is 2.36. The van der Waals surface area contributed by atoms with Crippen LogP contribution in [0.5, 0.6) is 5.75 Å². The number of carbonyl (C=O) groups excluding carboxylic acids is 1. The van der Waals surface area contributed by atoms with Gasteiger partial charge in [-0.05, 0) is 55.3 Å². The van der Waals surface area contributed by atoms with E-state index in [1.165, 1.54) is 23.5 Å². The second-order valence-electron chi connectivity index (χ2n) is 12.1. The van der Waals surface area contributed by atoms with Gasteiger partial charge in [0.1, 0.15) is 11.8 Å². The van der Waals surface area contributed by atoms with E-state index in [9.17, 15) is 19.7 Å². The second kappa shape index (κ2) is 13.2. The van der Waals surface area contributed by atoms with Gasteiger partial charge in [0.15, 0.2) is 4.80 Å². The summed E-state index contributed by atoms with van der Waals surface area (Å²) in [5, 5.41) is 14.0. The number of benzene rings is 4. The van der Waals surface area contributed by atoms with Crippen LogP contribution in [0, 0.1) is 10.1 Å². The Labute approximate surface area is 291 Å². The maximum atomic E-state index is 14.7. The Hall–Kier alpha value is -5.81. The van der Waals surface area contributed by atoms with Crippen molar-refractivity contribution in [3.63, 3.8) is 0 Å². The fourth-order valence-corrected chi connectivity index (χ4v) is 7.90. The fourth-order valence-electron chi connectivity index (χ4n) is 6.87. The topological polar surface area (TPSA) is 112 Å². The molecule has 252 valence electrons. The number of hydrogen-bond acceptors (Lipinski definition) is 7. The Balaban J connectivity index is 1.43. The number of carbonyl (C=O) groups is 1. The number of thiazole rings is 1. The van der Waals surface area contributed by atoms with Crippen LogP contribution in [0.2, 0.25) is 0 Å². The highest BCUT2D eigenvalue weighted by Crippen LogP contribution is 2.40. The monoisotopic (exact) mass is 685 g/mol. The molecule has 0 unspecified atom stereocenters. The normalized spacial score (nSPS) is 14.6. The number of nitro groups is 1. The summed E-state index contributed by atoms with van der Waals surface area (Å²) in [4.78, 5) is 46.9. The Kier molecular flexibility index (Phi) is 8.67. The molecule has 1 amide bonds. The molecule has 1 aliphatic heterocycles. The summed E-state index contributed by atoms with van der Waals surface area (Å²) in [6.45, 7) is 7.24. The lowest BCUT2D eigenvalue weighted by molar-refractivity contribution is -0.384. The van der Waals surface area contributed by atoms with Crippen LogP contribution in [-0.4, -0.2) is 45.1 Å². The number of likely N-dealkylation sites (N-methyl/N-ethyl adjacent to an activating group) is 1. The standard InChI is InChI=1S/C39H35N5O5S/c1-5-41(6-2)38(46)34-24(3)40-39-43(36(34)35-30-13-8-7-11-26(30)17-20-32(35)49-4)37(45)33(50-39)21-27-23-42(31-14-10-9-12-29(27)31)22-25-15-18-28(19-16-25)44(47)48/h7-21,23,36H,5-6,22H2,1-4H3/b33-21+/t36-/m0/s1. The van der Waals surface area contributed by atoms with Crippen molar-refractivity contribution in [3.05, 3.63) is 149 Å². The van der Waals surface area contributed by atoms with Gasteiger partial charge in [-0.1, -0.05) is 72.0 Å². The smallest absolute Gasteiger partial charge is 0.271 e. The number of nitrogens with zero attached hydrogens (tertiary/aromatic N) is 5. The molecule has 50 heavy (non-hydrogen) atoms. The molecule has 0 aliphatic carbocycles. The number of para-hydroxylation sites is 1. The Morgan fingerprint density at radius 3 is 2.40 bits per heavy atom. The van der Waals surface area contributed by atoms with E-state index in [2.05, 4.69) is 4.57 Å². The third-order valence-corrected chi connectivity index (χ3v) is 10.3. The molecule has 3 heterocycles. The van der Waals surface area contributed by atoms with Gasteiger partial charge < -0.3 is 14.2 Å². The van der Waals surface area contributed by atoms with Gasteiger partial charge in [-0.2, -0.15) is 0 Å². The molecule has 1 atom stereocenters. The molecule has 6 aromatic rings. The first kappa shape index (κ1) is 32.7. The molecular weight excluding hydrogens is 651 g/mol. The number of methoxy groups -OCH3 is 1. The number of non-ortho nitro benzene ring substituents is 1. The lowest BCUT2D eigenvalue weighted by atomic mass is 9.90. The van der Waals surface area contributed by atoms with E-state index in [1.807, 2.05) is 93.7 Å². The molecule has 2 aromatic heterocycles. The van der Waals surface area contributed by atoms with Gasteiger partial charge in [0, 0.05) is 60.0 Å². The molecule has 1 aliphatic rings. The Morgan fingerprint density at radius 2 is 1.70 bits per heavy atom. The highest BCUT2D eigenvalue weighted by molar-refractivity contribution is 7.07. The molecular formula is C39H35N5O5S. The van der Waals surface area contributed by atoms with Crippen LogP contribution < -0.4 is 19.6 Å². The summed E-state index contributed by atoms with van der Waals surface area (Å²) in [6, 6.07) is 25.5. The van der Waals surface area contributed by atoms with Crippen molar-refractivity contribution in [1.82, 2.24) is 14.0 Å². The molecule has 11 heteroatoms. The Bertz CT molecular complexity index is 2520. The van der Waals surface area contributed by atoms with Gasteiger partial charge in [0.05, 0.1) is 27.8 Å². The molecule has 10 nitrogen and oxygen atoms in total. The summed E-state index contributed by atoms with van der Waals surface area (Å²) in [7, 11) is 1.60. The molecule has 7 rings (SSSR count). The number of allylic oxidation sites excluding steroid dienone is 1. The van der Waals surface area contributed by atoms with Crippen molar-refractivity contribution in [2.45, 2.75) is 33.4 Å². The van der Waals surface area contributed by atoms with Crippen molar-refractivity contribution in [2.24, 2.45) is 4.99 Å².